The van der Waals surface area contributed by atoms with Gasteiger partial charge in [0.05, 0.1) is 32.8 Å². The van der Waals surface area contributed by atoms with Crippen molar-refractivity contribution < 1.29 is 27.4 Å². The average Bonchev–Trinajstić information content (AvgIpc) is 2.70. The Morgan fingerprint density at radius 3 is 2.34 bits per heavy atom. The summed E-state index contributed by atoms with van der Waals surface area (Å²) in [7, 11) is -0.767. The lowest BCUT2D eigenvalue weighted by Crippen LogP contribution is -2.40. The van der Waals surface area contributed by atoms with Gasteiger partial charge >= 0.3 is 0 Å². The predicted molar refractivity (Wildman–Crippen MR) is 111 cm³/mol. The van der Waals surface area contributed by atoms with E-state index in [2.05, 4.69) is 5.32 Å². The Morgan fingerprint density at radius 1 is 1.03 bits per heavy atom. The van der Waals surface area contributed by atoms with Gasteiger partial charge in [-0.15, -0.1) is 0 Å². The molecular weight excluding hydrogens is 396 g/mol. The van der Waals surface area contributed by atoms with Gasteiger partial charge < -0.3 is 19.5 Å². The fraction of sp³-hybridized carbons (Fsp3) is 0.350. The van der Waals surface area contributed by atoms with E-state index >= 15 is 0 Å². The Hall–Kier alpha value is -2.94. The normalized spacial score (nSPS) is 10.9. The lowest BCUT2D eigenvalue weighted by Gasteiger charge is -2.23. The summed E-state index contributed by atoms with van der Waals surface area (Å²) < 4.78 is 41.5. The van der Waals surface area contributed by atoms with Gasteiger partial charge in [-0.1, -0.05) is 18.2 Å². The van der Waals surface area contributed by atoms with Gasteiger partial charge in [0, 0.05) is 18.2 Å². The number of ether oxygens (including phenoxy) is 3. The molecule has 0 bridgehead atoms. The van der Waals surface area contributed by atoms with Crippen molar-refractivity contribution in [3.8, 4) is 17.2 Å². The van der Waals surface area contributed by atoms with Gasteiger partial charge in [-0.25, -0.2) is 8.42 Å². The molecule has 0 spiro atoms. The van der Waals surface area contributed by atoms with Crippen LogP contribution in [-0.2, 0) is 21.4 Å². The van der Waals surface area contributed by atoms with Crippen LogP contribution in [0.4, 0.5) is 5.69 Å². The molecule has 29 heavy (non-hydrogen) atoms. The number of para-hydroxylation sites is 1. The number of nitrogens with one attached hydrogen (secondary N) is 1. The second-order valence-electron chi connectivity index (χ2n) is 6.13. The maximum Gasteiger partial charge on any atom is 0.241 e. The van der Waals surface area contributed by atoms with E-state index < -0.39 is 15.9 Å². The summed E-state index contributed by atoms with van der Waals surface area (Å²) in [5, 5.41) is 2.74. The summed E-state index contributed by atoms with van der Waals surface area (Å²) >= 11 is 0. The maximum atomic E-state index is 12.5. The first kappa shape index (κ1) is 22.4. The molecule has 0 saturated heterocycles. The Morgan fingerprint density at radius 2 is 1.72 bits per heavy atom. The minimum Gasteiger partial charge on any atom is -0.494 e. The number of benzene rings is 2. The molecule has 2 aromatic carbocycles. The lowest BCUT2D eigenvalue weighted by atomic mass is 10.2. The fourth-order valence-corrected chi connectivity index (χ4v) is 3.55. The molecule has 158 valence electrons. The van der Waals surface area contributed by atoms with Crippen LogP contribution < -0.4 is 23.8 Å². The third-order valence-corrected chi connectivity index (χ3v) is 5.23. The molecule has 8 nitrogen and oxygen atoms in total. The highest BCUT2D eigenvalue weighted by molar-refractivity contribution is 7.92. The number of sulfonamides is 1. The standard InChI is InChI=1S/C20H26N2O6S/c1-5-28-17-9-7-6-8-15(17)13-21-20(23)14-22(29(4,24)25)16-10-11-18(26-2)19(12-16)27-3/h6-12H,5,13-14H2,1-4H3,(H,21,23). The molecule has 1 N–H and O–H groups in total. The lowest BCUT2D eigenvalue weighted by molar-refractivity contribution is -0.119. The highest BCUT2D eigenvalue weighted by atomic mass is 32.2. The van der Waals surface area contributed by atoms with Crippen LogP contribution in [-0.4, -0.2) is 48.0 Å². The Kier molecular flexibility index (Phi) is 7.72. The van der Waals surface area contributed by atoms with Crippen molar-refractivity contribution in [2.75, 3.05) is 37.9 Å². The third kappa shape index (κ3) is 6.02. The van der Waals surface area contributed by atoms with E-state index in [4.69, 9.17) is 14.2 Å². The van der Waals surface area contributed by atoms with E-state index in [1.807, 2.05) is 31.2 Å². The summed E-state index contributed by atoms with van der Waals surface area (Å²) in [5.41, 5.74) is 1.11. The van der Waals surface area contributed by atoms with Crippen molar-refractivity contribution in [3.63, 3.8) is 0 Å². The van der Waals surface area contributed by atoms with E-state index in [-0.39, 0.29) is 13.1 Å². The summed E-state index contributed by atoms with van der Waals surface area (Å²) in [4.78, 5) is 12.5. The van der Waals surface area contributed by atoms with Crippen LogP contribution in [0.1, 0.15) is 12.5 Å². The first-order valence-electron chi connectivity index (χ1n) is 8.97. The number of amides is 1. The number of hydrogen-bond donors (Lipinski definition) is 1. The minimum atomic E-state index is -3.71. The molecule has 0 fully saturated rings. The van der Waals surface area contributed by atoms with Crippen LogP contribution in [0.5, 0.6) is 17.2 Å². The molecule has 0 heterocycles. The molecule has 0 aromatic heterocycles. The zero-order valence-corrected chi connectivity index (χ0v) is 17.8. The van der Waals surface area contributed by atoms with Gasteiger partial charge in [-0.2, -0.15) is 0 Å². The van der Waals surface area contributed by atoms with Crippen molar-refractivity contribution in [2.24, 2.45) is 0 Å². The molecule has 0 aliphatic rings. The molecule has 0 aliphatic heterocycles. The third-order valence-electron chi connectivity index (χ3n) is 4.09. The monoisotopic (exact) mass is 422 g/mol. The van der Waals surface area contributed by atoms with Crippen molar-refractivity contribution in [2.45, 2.75) is 13.5 Å². The molecule has 0 unspecified atom stereocenters. The highest BCUT2D eigenvalue weighted by Gasteiger charge is 2.22. The van der Waals surface area contributed by atoms with Crippen LogP contribution >= 0.6 is 0 Å². The van der Waals surface area contributed by atoms with Gasteiger partial charge in [0.15, 0.2) is 11.5 Å². The first-order chi connectivity index (χ1) is 13.8. The van der Waals surface area contributed by atoms with Crippen LogP contribution in [0.25, 0.3) is 0 Å². The molecule has 0 atom stereocenters. The van der Waals surface area contributed by atoms with Crippen molar-refractivity contribution >= 4 is 21.6 Å². The number of carbonyl (C=O) groups excluding carboxylic acids is 1. The van der Waals surface area contributed by atoms with Crippen LogP contribution in [0.2, 0.25) is 0 Å². The van der Waals surface area contributed by atoms with E-state index in [0.29, 0.717) is 29.5 Å². The maximum absolute atomic E-state index is 12.5. The molecule has 0 radical (unpaired) electrons. The average molecular weight is 423 g/mol. The van der Waals surface area contributed by atoms with E-state index in [9.17, 15) is 13.2 Å². The summed E-state index contributed by atoms with van der Waals surface area (Å²) in [6, 6.07) is 12.0. The predicted octanol–water partition coefficient (Wildman–Crippen LogP) is 2.18. The number of rotatable bonds is 10. The van der Waals surface area contributed by atoms with Gasteiger partial charge in [0.25, 0.3) is 0 Å². The van der Waals surface area contributed by atoms with Crippen molar-refractivity contribution in [3.05, 3.63) is 48.0 Å². The summed E-state index contributed by atoms with van der Waals surface area (Å²) in [6.07, 6.45) is 1.04. The van der Waals surface area contributed by atoms with Crippen LogP contribution in [0.15, 0.2) is 42.5 Å². The smallest absolute Gasteiger partial charge is 0.241 e. The van der Waals surface area contributed by atoms with E-state index in [1.54, 1.807) is 12.1 Å². The van der Waals surface area contributed by atoms with Gasteiger partial charge in [-0.3, -0.25) is 9.10 Å². The summed E-state index contributed by atoms with van der Waals surface area (Å²) in [6.45, 7) is 2.23. The van der Waals surface area contributed by atoms with Crippen molar-refractivity contribution in [1.29, 1.82) is 0 Å². The molecule has 2 rings (SSSR count). The zero-order chi connectivity index (χ0) is 21.4. The number of carbonyl (C=O) groups is 1. The number of nitrogens with zero attached hydrogens (tertiary/aromatic N) is 1. The molecule has 9 heteroatoms. The SMILES string of the molecule is CCOc1ccccc1CNC(=O)CN(c1ccc(OC)c(OC)c1)S(C)(=O)=O. The van der Waals surface area contributed by atoms with Gasteiger partial charge in [0.2, 0.25) is 15.9 Å². The Balaban J connectivity index is 2.16. The van der Waals surface area contributed by atoms with E-state index in [1.165, 1.54) is 20.3 Å². The first-order valence-corrected chi connectivity index (χ1v) is 10.8. The van der Waals surface area contributed by atoms with Crippen LogP contribution in [0, 0.1) is 0 Å². The van der Waals surface area contributed by atoms with Gasteiger partial charge in [0.1, 0.15) is 12.3 Å². The summed E-state index contributed by atoms with van der Waals surface area (Å²) in [5.74, 6) is 1.05. The molecular formula is C20H26N2O6S. The minimum absolute atomic E-state index is 0.221. The van der Waals surface area contributed by atoms with Crippen LogP contribution in [0.3, 0.4) is 0 Å². The molecule has 2 aromatic rings. The number of anilines is 1. The number of hydrogen-bond acceptors (Lipinski definition) is 6. The second-order valence-corrected chi connectivity index (χ2v) is 8.03. The Bertz CT molecular complexity index is 946. The second kappa shape index (κ2) is 10.0. The van der Waals surface area contributed by atoms with Gasteiger partial charge in [-0.05, 0) is 25.1 Å². The topological polar surface area (TPSA) is 94.2 Å². The fourth-order valence-electron chi connectivity index (χ4n) is 2.71. The van der Waals surface area contributed by atoms with E-state index in [0.717, 1.165) is 16.1 Å². The molecule has 0 aliphatic carbocycles. The molecule has 1 amide bonds. The number of methoxy groups -OCH3 is 2. The zero-order valence-electron chi connectivity index (χ0n) is 17.0. The molecule has 0 saturated carbocycles. The highest BCUT2D eigenvalue weighted by Crippen LogP contribution is 2.32. The van der Waals surface area contributed by atoms with Crippen molar-refractivity contribution in [1.82, 2.24) is 5.32 Å². The quantitative estimate of drug-likeness (QED) is 0.631. The Labute approximate surface area is 171 Å². The largest absolute Gasteiger partial charge is 0.494 e.